The third-order valence-electron chi connectivity index (χ3n) is 3.49. The zero-order chi connectivity index (χ0) is 15.7. The van der Waals surface area contributed by atoms with Crippen LogP contribution in [0.5, 0.6) is 0 Å². The Hall–Kier alpha value is -2.48. The van der Waals surface area contributed by atoms with Gasteiger partial charge in [-0.1, -0.05) is 6.07 Å². The third-order valence-corrected chi connectivity index (χ3v) is 3.49. The highest BCUT2D eigenvalue weighted by molar-refractivity contribution is 5.98. The monoisotopic (exact) mass is 294 g/mol. The molecule has 112 valence electrons. The summed E-state index contributed by atoms with van der Waals surface area (Å²) in [6.07, 6.45) is -0.955. The number of nitrogens with zero attached hydrogens (tertiary/aromatic N) is 2. The van der Waals surface area contributed by atoms with Gasteiger partial charge in [0.15, 0.2) is 0 Å². The van der Waals surface area contributed by atoms with E-state index in [0.717, 1.165) is 11.0 Å². The van der Waals surface area contributed by atoms with E-state index in [0.29, 0.717) is 5.56 Å². The average Bonchev–Trinajstić information content (AvgIpc) is 2.80. The molecule has 2 N–H and O–H groups in total. The lowest BCUT2D eigenvalue weighted by Gasteiger charge is -2.21. The van der Waals surface area contributed by atoms with Crippen molar-refractivity contribution in [1.82, 2.24) is 4.90 Å². The third kappa shape index (κ3) is 2.84. The van der Waals surface area contributed by atoms with E-state index in [-0.39, 0.29) is 24.2 Å². The number of carboxylic acids is 1. The van der Waals surface area contributed by atoms with Crippen LogP contribution in [0.15, 0.2) is 18.2 Å². The zero-order valence-corrected chi connectivity index (χ0v) is 11.2. The number of carbonyl (C=O) groups is 2. The molecule has 1 fully saturated rings. The number of aliphatic carboxylic acids is 1. The minimum Gasteiger partial charge on any atom is -0.480 e. The van der Waals surface area contributed by atoms with Crippen molar-refractivity contribution in [2.24, 2.45) is 0 Å². The number of aliphatic hydroxyl groups excluding tert-OH is 1. The summed E-state index contributed by atoms with van der Waals surface area (Å²) in [6, 6.07) is 2.72. The van der Waals surface area contributed by atoms with Crippen LogP contribution in [0.25, 0.3) is 0 Å². The van der Waals surface area contributed by atoms with Crippen molar-refractivity contribution in [2.75, 3.05) is 6.54 Å². The summed E-state index contributed by atoms with van der Waals surface area (Å²) in [5, 5.41) is 29.4. The van der Waals surface area contributed by atoms with Crippen LogP contribution in [-0.4, -0.2) is 50.6 Å². The molecule has 1 aliphatic rings. The summed E-state index contributed by atoms with van der Waals surface area (Å²) in [5.74, 6) is -1.83. The van der Waals surface area contributed by atoms with E-state index in [2.05, 4.69) is 0 Å². The van der Waals surface area contributed by atoms with Gasteiger partial charge < -0.3 is 15.1 Å². The van der Waals surface area contributed by atoms with Gasteiger partial charge in [-0.2, -0.15) is 0 Å². The fourth-order valence-electron chi connectivity index (χ4n) is 2.38. The maximum absolute atomic E-state index is 12.4. The van der Waals surface area contributed by atoms with Crippen molar-refractivity contribution in [3.05, 3.63) is 39.4 Å². The molecule has 1 saturated heterocycles. The molecule has 8 nitrogen and oxygen atoms in total. The topological polar surface area (TPSA) is 121 Å². The standard InChI is InChI=1S/C13H14N2O6/c1-7-2-3-8(15(20)21)4-10(7)12(17)14-6-9(16)5-11(14)13(18)19/h2-4,9,11,16H,5-6H2,1H3,(H,18,19)/t9-,11-/m1/s1. The van der Waals surface area contributed by atoms with Gasteiger partial charge in [-0.3, -0.25) is 14.9 Å². The smallest absolute Gasteiger partial charge is 0.326 e. The van der Waals surface area contributed by atoms with Gasteiger partial charge in [-0.15, -0.1) is 0 Å². The normalized spacial score (nSPS) is 21.3. The number of carbonyl (C=O) groups excluding carboxylic acids is 1. The second-order valence-corrected chi connectivity index (χ2v) is 4.96. The van der Waals surface area contributed by atoms with Crippen LogP contribution in [-0.2, 0) is 4.79 Å². The molecule has 2 atom stereocenters. The summed E-state index contributed by atoms with van der Waals surface area (Å²) in [6.45, 7) is 1.51. The zero-order valence-electron chi connectivity index (χ0n) is 11.2. The molecule has 8 heteroatoms. The molecule has 21 heavy (non-hydrogen) atoms. The Bertz CT molecular complexity index is 615. The average molecular weight is 294 g/mol. The van der Waals surface area contributed by atoms with Crippen LogP contribution in [0.3, 0.4) is 0 Å². The number of nitro groups is 1. The van der Waals surface area contributed by atoms with Gasteiger partial charge in [-0.25, -0.2) is 4.79 Å². The summed E-state index contributed by atoms with van der Waals surface area (Å²) < 4.78 is 0. The number of aliphatic hydroxyl groups is 1. The Balaban J connectivity index is 2.37. The van der Waals surface area contributed by atoms with Gasteiger partial charge in [0.2, 0.25) is 0 Å². The minimum atomic E-state index is -1.21. The maximum atomic E-state index is 12.4. The number of carboxylic acid groups (broad SMARTS) is 1. The van der Waals surface area contributed by atoms with Gasteiger partial charge in [0.05, 0.1) is 11.0 Å². The fraction of sp³-hybridized carbons (Fsp3) is 0.385. The molecular weight excluding hydrogens is 280 g/mol. The van der Waals surface area contributed by atoms with E-state index < -0.39 is 28.9 Å². The van der Waals surface area contributed by atoms with Crippen molar-refractivity contribution in [1.29, 1.82) is 0 Å². The number of rotatable bonds is 3. The highest BCUT2D eigenvalue weighted by atomic mass is 16.6. The first-order valence-corrected chi connectivity index (χ1v) is 6.28. The second-order valence-electron chi connectivity index (χ2n) is 4.96. The van der Waals surface area contributed by atoms with Crippen molar-refractivity contribution in [3.63, 3.8) is 0 Å². The Morgan fingerprint density at radius 1 is 1.43 bits per heavy atom. The van der Waals surface area contributed by atoms with Gasteiger partial charge in [-0.05, 0) is 12.5 Å². The molecule has 1 aromatic carbocycles. The maximum Gasteiger partial charge on any atom is 0.326 e. The Morgan fingerprint density at radius 2 is 2.10 bits per heavy atom. The SMILES string of the molecule is Cc1ccc([N+](=O)[O-])cc1C(=O)N1C[C@H](O)C[C@@H]1C(=O)O. The van der Waals surface area contributed by atoms with Crippen molar-refractivity contribution in [3.8, 4) is 0 Å². The number of benzene rings is 1. The minimum absolute atomic E-state index is 0.0466. The van der Waals surface area contributed by atoms with E-state index in [9.17, 15) is 24.8 Å². The molecule has 1 heterocycles. The molecule has 2 rings (SSSR count). The first-order valence-electron chi connectivity index (χ1n) is 6.28. The van der Waals surface area contributed by atoms with Crippen LogP contribution in [0, 0.1) is 17.0 Å². The van der Waals surface area contributed by atoms with Crippen molar-refractivity contribution in [2.45, 2.75) is 25.5 Å². The second kappa shape index (κ2) is 5.49. The number of non-ortho nitro benzene ring substituents is 1. The number of likely N-dealkylation sites (tertiary alicyclic amines) is 1. The Kier molecular flexibility index (Phi) is 3.90. The molecule has 1 aromatic rings. The van der Waals surface area contributed by atoms with Crippen LogP contribution in [0.4, 0.5) is 5.69 Å². The molecule has 1 aliphatic heterocycles. The Morgan fingerprint density at radius 3 is 2.67 bits per heavy atom. The number of amides is 1. The van der Waals surface area contributed by atoms with Crippen LogP contribution in [0.2, 0.25) is 0 Å². The molecule has 0 saturated carbocycles. The highest BCUT2D eigenvalue weighted by Crippen LogP contribution is 2.24. The first-order chi connectivity index (χ1) is 9.81. The molecule has 1 amide bonds. The number of β-amino-alcohol motifs (C(OH)–C–C–N with tert-alkyl or cyclic N) is 1. The number of nitro benzene ring substituents is 1. The molecular formula is C13H14N2O6. The van der Waals surface area contributed by atoms with E-state index in [1.54, 1.807) is 6.92 Å². The van der Waals surface area contributed by atoms with Crippen molar-refractivity contribution >= 4 is 17.6 Å². The number of hydrogen-bond acceptors (Lipinski definition) is 5. The van der Waals surface area contributed by atoms with Gasteiger partial charge in [0, 0.05) is 30.7 Å². The predicted octanol–water partition coefficient (Wildman–Crippen LogP) is 0.563. The summed E-state index contributed by atoms with van der Waals surface area (Å²) in [4.78, 5) is 34.8. The van der Waals surface area contributed by atoms with Gasteiger partial charge >= 0.3 is 5.97 Å². The van der Waals surface area contributed by atoms with Gasteiger partial charge in [0.1, 0.15) is 6.04 Å². The molecule has 0 aliphatic carbocycles. The molecule has 0 unspecified atom stereocenters. The lowest BCUT2D eigenvalue weighted by Crippen LogP contribution is -2.40. The van der Waals surface area contributed by atoms with Crippen LogP contribution in [0.1, 0.15) is 22.3 Å². The largest absolute Gasteiger partial charge is 0.480 e. The lowest BCUT2D eigenvalue weighted by molar-refractivity contribution is -0.384. The quantitative estimate of drug-likeness (QED) is 0.620. The predicted molar refractivity (Wildman–Crippen MR) is 70.9 cm³/mol. The fourth-order valence-corrected chi connectivity index (χ4v) is 2.38. The van der Waals surface area contributed by atoms with Gasteiger partial charge in [0.25, 0.3) is 11.6 Å². The Labute approximate surface area is 119 Å². The van der Waals surface area contributed by atoms with E-state index >= 15 is 0 Å². The van der Waals surface area contributed by atoms with Crippen LogP contribution < -0.4 is 0 Å². The molecule has 0 aromatic heterocycles. The summed E-state index contributed by atoms with van der Waals surface area (Å²) >= 11 is 0. The van der Waals surface area contributed by atoms with E-state index in [4.69, 9.17) is 5.11 Å². The van der Waals surface area contributed by atoms with E-state index in [1.165, 1.54) is 12.1 Å². The van der Waals surface area contributed by atoms with Crippen molar-refractivity contribution < 1.29 is 24.7 Å². The summed E-state index contributed by atoms with van der Waals surface area (Å²) in [5.41, 5.74) is 0.344. The molecule has 0 bridgehead atoms. The number of hydrogen-bond donors (Lipinski definition) is 2. The number of aryl methyl sites for hydroxylation is 1. The van der Waals surface area contributed by atoms with E-state index in [1.807, 2.05) is 0 Å². The molecule has 0 radical (unpaired) electrons. The van der Waals surface area contributed by atoms with Crippen LogP contribution >= 0.6 is 0 Å². The summed E-state index contributed by atoms with van der Waals surface area (Å²) in [7, 11) is 0. The molecule has 0 spiro atoms. The lowest BCUT2D eigenvalue weighted by atomic mass is 10.1. The highest BCUT2D eigenvalue weighted by Gasteiger charge is 2.39. The first kappa shape index (κ1) is 14.9.